The molecule has 21 heavy (non-hydrogen) atoms. The van der Waals surface area contributed by atoms with Gasteiger partial charge < -0.3 is 10.2 Å². The number of nitrogens with zero attached hydrogens (tertiary/aromatic N) is 3. The summed E-state index contributed by atoms with van der Waals surface area (Å²) in [6.45, 7) is 3.23. The zero-order valence-electron chi connectivity index (χ0n) is 11.8. The molecule has 1 aliphatic heterocycles. The van der Waals surface area contributed by atoms with E-state index in [1.165, 1.54) is 6.07 Å². The van der Waals surface area contributed by atoms with Crippen molar-refractivity contribution in [2.75, 3.05) is 41.4 Å². The van der Waals surface area contributed by atoms with Gasteiger partial charge in [0.05, 0.1) is 16.4 Å². The van der Waals surface area contributed by atoms with Crippen molar-refractivity contribution in [2.24, 2.45) is 0 Å². The minimum absolute atomic E-state index is 0.00271. The van der Waals surface area contributed by atoms with E-state index in [9.17, 15) is 18.5 Å². The van der Waals surface area contributed by atoms with Gasteiger partial charge in [0, 0.05) is 25.7 Å². The second kappa shape index (κ2) is 6.25. The number of hydrogen-bond donors (Lipinski definition) is 1. The first-order chi connectivity index (χ1) is 9.93. The summed E-state index contributed by atoms with van der Waals surface area (Å²) in [5, 5.41) is 14.2. The molecule has 0 aromatic carbocycles. The Hall–Kier alpha value is -1.90. The molecule has 0 unspecified atom stereocenters. The van der Waals surface area contributed by atoms with Crippen LogP contribution >= 0.6 is 0 Å². The highest BCUT2D eigenvalue weighted by Crippen LogP contribution is 2.28. The Kier molecular flexibility index (Phi) is 4.61. The van der Waals surface area contributed by atoms with Gasteiger partial charge in [0.25, 0.3) is 0 Å². The number of hydrogen-bond acceptors (Lipinski definition) is 7. The maximum absolute atomic E-state index is 11.6. The monoisotopic (exact) mass is 314 g/mol. The van der Waals surface area contributed by atoms with Crippen LogP contribution < -0.4 is 10.2 Å². The van der Waals surface area contributed by atoms with Crippen LogP contribution in [0.15, 0.2) is 12.1 Å². The molecule has 116 valence electrons. The van der Waals surface area contributed by atoms with Gasteiger partial charge in [0.15, 0.2) is 9.84 Å². The molecule has 1 N–H and O–H groups in total. The van der Waals surface area contributed by atoms with Crippen molar-refractivity contribution in [1.82, 2.24) is 4.98 Å². The van der Waals surface area contributed by atoms with Crippen LogP contribution in [0.1, 0.15) is 13.3 Å². The van der Waals surface area contributed by atoms with Gasteiger partial charge in [-0.05, 0) is 19.4 Å². The number of nitrogens with one attached hydrogen (secondary N) is 1. The average molecular weight is 314 g/mol. The fourth-order valence-electron chi connectivity index (χ4n) is 2.25. The lowest BCUT2D eigenvalue weighted by Crippen LogP contribution is -2.28. The Morgan fingerprint density at radius 1 is 1.38 bits per heavy atom. The van der Waals surface area contributed by atoms with Crippen molar-refractivity contribution in [2.45, 2.75) is 13.3 Å². The second-order valence-electron chi connectivity index (χ2n) is 4.82. The lowest BCUT2D eigenvalue weighted by molar-refractivity contribution is -0.384. The zero-order chi connectivity index (χ0) is 15.5. The molecule has 0 spiro atoms. The number of anilines is 2. The van der Waals surface area contributed by atoms with E-state index < -0.39 is 14.8 Å². The smallest absolute Gasteiger partial charge is 0.311 e. The highest BCUT2D eigenvalue weighted by Gasteiger charge is 2.26. The molecule has 9 heteroatoms. The Morgan fingerprint density at radius 3 is 2.81 bits per heavy atom. The summed E-state index contributed by atoms with van der Waals surface area (Å²) < 4.78 is 23.3. The fourth-order valence-corrected chi connectivity index (χ4v) is 3.52. The van der Waals surface area contributed by atoms with E-state index in [4.69, 9.17) is 0 Å². The highest BCUT2D eigenvalue weighted by molar-refractivity contribution is 7.91. The molecule has 8 nitrogen and oxygen atoms in total. The summed E-state index contributed by atoms with van der Waals surface area (Å²) in [6, 6.07) is 2.96. The summed E-state index contributed by atoms with van der Waals surface area (Å²) in [5.74, 6) is 0.891. The topological polar surface area (TPSA) is 105 Å². The number of nitro groups is 1. The molecule has 0 amide bonds. The third-order valence-electron chi connectivity index (χ3n) is 3.26. The summed E-state index contributed by atoms with van der Waals surface area (Å²) >= 11 is 0. The van der Waals surface area contributed by atoms with Gasteiger partial charge in [-0.3, -0.25) is 10.1 Å². The minimum atomic E-state index is -3.07. The number of pyridine rings is 1. The first-order valence-electron chi connectivity index (χ1n) is 6.77. The summed E-state index contributed by atoms with van der Waals surface area (Å²) in [7, 11) is -3.07. The molecular weight excluding hydrogens is 296 g/mol. The van der Waals surface area contributed by atoms with Gasteiger partial charge in [0.2, 0.25) is 5.82 Å². The number of aromatic nitrogens is 1. The van der Waals surface area contributed by atoms with Crippen molar-refractivity contribution < 1.29 is 13.3 Å². The lowest BCUT2D eigenvalue weighted by Gasteiger charge is -2.21. The van der Waals surface area contributed by atoms with E-state index in [0.29, 0.717) is 25.3 Å². The Morgan fingerprint density at radius 2 is 2.14 bits per heavy atom. The molecule has 0 aliphatic carbocycles. The Labute approximate surface area is 123 Å². The van der Waals surface area contributed by atoms with Gasteiger partial charge in [-0.1, -0.05) is 0 Å². The Bertz CT molecular complexity index is 632. The van der Waals surface area contributed by atoms with Gasteiger partial charge in [-0.25, -0.2) is 13.4 Å². The molecule has 2 rings (SSSR count). The van der Waals surface area contributed by atoms with E-state index in [-0.39, 0.29) is 29.6 Å². The predicted molar refractivity (Wildman–Crippen MR) is 80.5 cm³/mol. The summed E-state index contributed by atoms with van der Waals surface area (Å²) in [6.07, 6.45) is 0.451. The predicted octanol–water partition coefficient (Wildman–Crippen LogP) is 1.05. The van der Waals surface area contributed by atoms with Crippen LogP contribution in [-0.2, 0) is 9.84 Å². The molecule has 0 saturated carbocycles. The number of rotatable bonds is 4. The van der Waals surface area contributed by atoms with Crippen molar-refractivity contribution >= 4 is 27.2 Å². The quantitative estimate of drug-likeness (QED) is 0.654. The van der Waals surface area contributed by atoms with Crippen LogP contribution in [0, 0.1) is 10.1 Å². The zero-order valence-corrected chi connectivity index (χ0v) is 12.6. The molecule has 1 saturated heterocycles. The van der Waals surface area contributed by atoms with E-state index in [1.54, 1.807) is 11.0 Å². The molecular formula is C12H18N4O4S. The summed E-state index contributed by atoms with van der Waals surface area (Å²) in [5.41, 5.74) is -0.101. The third kappa shape index (κ3) is 3.81. The van der Waals surface area contributed by atoms with Gasteiger partial charge in [-0.2, -0.15) is 0 Å². The van der Waals surface area contributed by atoms with E-state index in [2.05, 4.69) is 10.3 Å². The summed E-state index contributed by atoms with van der Waals surface area (Å²) in [4.78, 5) is 16.6. The maximum Gasteiger partial charge on any atom is 0.311 e. The van der Waals surface area contributed by atoms with Crippen molar-refractivity contribution in [3.8, 4) is 0 Å². The molecule has 0 atom stereocenters. The van der Waals surface area contributed by atoms with Crippen LogP contribution in [0.5, 0.6) is 0 Å². The minimum Gasteiger partial charge on any atom is -0.370 e. The first kappa shape index (κ1) is 15.5. The van der Waals surface area contributed by atoms with E-state index in [1.807, 2.05) is 6.92 Å². The average Bonchev–Trinajstić information content (AvgIpc) is 2.60. The van der Waals surface area contributed by atoms with Crippen LogP contribution in [0.2, 0.25) is 0 Å². The fraction of sp³-hybridized carbons (Fsp3) is 0.583. The lowest BCUT2D eigenvalue weighted by atomic mass is 10.3. The molecule has 0 radical (unpaired) electrons. The standard InChI is InChI=1S/C12H18N4O4S/c1-2-13-11-5-4-10(16(17)18)12(14-11)15-6-3-8-21(19,20)9-7-15/h4-5H,2-3,6-9H2,1H3,(H,13,14). The molecule has 1 fully saturated rings. The van der Waals surface area contributed by atoms with Crippen LogP contribution in [0.3, 0.4) is 0 Å². The van der Waals surface area contributed by atoms with Gasteiger partial charge in [0.1, 0.15) is 5.82 Å². The van der Waals surface area contributed by atoms with Crippen molar-refractivity contribution in [1.29, 1.82) is 0 Å². The molecule has 2 heterocycles. The van der Waals surface area contributed by atoms with Crippen molar-refractivity contribution in [3.05, 3.63) is 22.2 Å². The van der Waals surface area contributed by atoms with E-state index in [0.717, 1.165) is 0 Å². The molecule has 1 aromatic rings. The third-order valence-corrected chi connectivity index (χ3v) is 4.98. The molecule has 0 bridgehead atoms. The second-order valence-corrected chi connectivity index (χ2v) is 7.12. The SMILES string of the molecule is CCNc1ccc([N+](=O)[O-])c(N2CCCS(=O)(=O)CC2)n1. The van der Waals surface area contributed by atoms with Crippen molar-refractivity contribution in [3.63, 3.8) is 0 Å². The number of sulfone groups is 1. The highest BCUT2D eigenvalue weighted by atomic mass is 32.2. The van der Waals surface area contributed by atoms with Gasteiger partial charge in [-0.15, -0.1) is 0 Å². The van der Waals surface area contributed by atoms with Gasteiger partial charge >= 0.3 is 5.69 Å². The van der Waals surface area contributed by atoms with Crippen LogP contribution in [0.25, 0.3) is 0 Å². The largest absolute Gasteiger partial charge is 0.370 e. The normalized spacial score (nSPS) is 18.0. The van der Waals surface area contributed by atoms with Crippen LogP contribution in [0.4, 0.5) is 17.3 Å². The first-order valence-corrected chi connectivity index (χ1v) is 8.60. The van der Waals surface area contributed by atoms with Crippen LogP contribution in [-0.4, -0.2) is 49.5 Å². The van der Waals surface area contributed by atoms with E-state index >= 15 is 0 Å². The Balaban J connectivity index is 2.35. The maximum atomic E-state index is 11.6. The molecule has 1 aliphatic rings. The molecule has 1 aromatic heterocycles.